The molecule has 0 spiro atoms. The van der Waals surface area contributed by atoms with Crippen molar-refractivity contribution in [2.24, 2.45) is 0 Å². The molecule has 0 aromatic carbocycles. The van der Waals surface area contributed by atoms with Gasteiger partial charge in [-0.05, 0) is 0 Å². The van der Waals surface area contributed by atoms with Crippen LogP contribution in [-0.2, 0) is 64.2 Å². The molecule has 5 heavy (non-hydrogen) atoms. The zero-order chi connectivity index (χ0) is 2.71. The Labute approximate surface area is 63.7 Å². The third-order valence-electron chi connectivity index (χ3n) is 0. The van der Waals surface area contributed by atoms with E-state index in [1.54, 1.807) is 0 Å². The van der Waals surface area contributed by atoms with Gasteiger partial charge in [0.1, 0.15) is 0 Å². The van der Waals surface area contributed by atoms with E-state index in [1.807, 2.05) is 0 Å². The molecular weight excluding hydrogens is 518 g/mol. The van der Waals surface area contributed by atoms with Crippen molar-refractivity contribution in [1.29, 1.82) is 0 Å². The summed E-state index contributed by atoms with van der Waals surface area (Å²) >= 11 is -2.00. The molecule has 0 aromatic heterocycles. The Bertz CT molecular complexity index is 28.6. The fraction of sp³-hybridized carbons (Fsp3) is 0. The molecule has 0 bridgehead atoms. The first kappa shape index (κ1) is 16.0. The van der Waals surface area contributed by atoms with Crippen molar-refractivity contribution >= 4 is 0 Å². The van der Waals surface area contributed by atoms with Gasteiger partial charge in [0.15, 0.2) is 0 Å². The number of hydrogen-bond donors (Lipinski definition) is 0. The molecular formula is Ir2O2Ru. The van der Waals surface area contributed by atoms with Crippen LogP contribution < -0.4 is 0 Å². The molecule has 0 rings (SSSR count). The Kier molecular flexibility index (Phi) is 56.9. The topological polar surface area (TPSA) is 34.1 Å². The van der Waals surface area contributed by atoms with Crippen molar-refractivity contribution in [3.63, 3.8) is 0 Å². The third-order valence-corrected chi connectivity index (χ3v) is 0. The average Bonchev–Trinajstić information content (AvgIpc) is 0.918. The van der Waals surface area contributed by atoms with E-state index in [9.17, 15) is 0 Å². The Morgan fingerprint density at radius 2 is 1.20 bits per heavy atom. The first-order valence-corrected chi connectivity index (χ1v) is 2.23. The minimum Gasteiger partial charge on any atom is 0 e. The molecule has 0 N–H and O–H groups in total. The van der Waals surface area contributed by atoms with Gasteiger partial charge in [-0.3, -0.25) is 0 Å². The molecule has 0 aliphatic rings. The Morgan fingerprint density at radius 1 is 1.20 bits per heavy atom. The van der Waals surface area contributed by atoms with Crippen LogP contribution in [0.2, 0.25) is 0 Å². The van der Waals surface area contributed by atoms with Crippen molar-refractivity contribution in [2.45, 2.75) is 0 Å². The van der Waals surface area contributed by atoms with Crippen molar-refractivity contribution in [3.8, 4) is 0 Å². The van der Waals surface area contributed by atoms with Gasteiger partial charge in [0, 0.05) is 39.6 Å². The minimum absolute atomic E-state index is 0. The summed E-state index contributed by atoms with van der Waals surface area (Å²) in [4.78, 5) is 0. The van der Waals surface area contributed by atoms with Crippen molar-refractivity contribution in [2.75, 3.05) is 0 Å². The molecule has 0 fully saturated rings. The molecule has 0 aliphatic carbocycles. The predicted molar refractivity (Wildman–Crippen MR) is 1.37 cm³/mol. The van der Waals surface area contributed by atoms with E-state index in [0.29, 0.717) is 0 Å². The first-order chi connectivity index (χ1) is 1.41. The maximum absolute atomic E-state index is 8.50. The van der Waals surface area contributed by atoms with Gasteiger partial charge in [-0.1, -0.05) is 0 Å². The van der Waals surface area contributed by atoms with Gasteiger partial charge in [0.05, 0.1) is 0 Å². The molecule has 0 atom stereocenters. The third kappa shape index (κ3) is 29.6. The molecule has 0 saturated heterocycles. The van der Waals surface area contributed by atoms with Crippen LogP contribution in [0.1, 0.15) is 0 Å². The summed E-state index contributed by atoms with van der Waals surface area (Å²) in [6, 6.07) is 0. The maximum Gasteiger partial charge on any atom is 0 e. The van der Waals surface area contributed by atoms with Gasteiger partial charge in [0.25, 0.3) is 0 Å². The summed E-state index contributed by atoms with van der Waals surface area (Å²) in [7, 11) is 0. The molecule has 38 valence electrons. The summed E-state index contributed by atoms with van der Waals surface area (Å²) in [5.41, 5.74) is 0. The predicted octanol–water partition coefficient (Wildman–Crippen LogP) is -0.245. The van der Waals surface area contributed by atoms with Gasteiger partial charge in [-0.25, -0.2) is 0 Å². The quantitative estimate of drug-likeness (QED) is 0.416. The van der Waals surface area contributed by atoms with Crippen LogP contribution in [0.4, 0.5) is 0 Å². The first-order valence-electron chi connectivity index (χ1n) is 0.272. The summed E-state index contributed by atoms with van der Waals surface area (Å²) in [5, 5.41) is 0. The summed E-state index contributed by atoms with van der Waals surface area (Å²) in [6.45, 7) is 0. The standard InChI is InChI=1S/2Ir.2O.Ru. The second-order valence-electron chi connectivity index (χ2n) is 0.0556. The smallest absolute Gasteiger partial charge is 0 e. The molecule has 5 heteroatoms. The minimum atomic E-state index is -2.00. The Hall–Kier alpha value is 1.52. The fourth-order valence-electron chi connectivity index (χ4n) is 0. The van der Waals surface area contributed by atoms with Crippen LogP contribution in [0.15, 0.2) is 0 Å². The van der Waals surface area contributed by atoms with Gasteiger partial charge in [-0.15, -0.1) is 0 Å². The number of rotatable bonds is 0. The van der Waals surface area contributed by atoms with E-state index in [4.69, 9.17) is 7.01 Å². The normalized spacial score (nSPS) is 3.20. The molecule has 0 heterocycles. The average molecular weight is 518 g/mol. The Balaban J connectivity index is -0.0000000200. The second kappa shape index (κ2) is 17.8. The zero-order valence-electron chi connectivity index (χ0n) is 1.84. The molecule has 0 saturated carbocycles. The van der Waals surface area contributed by atoms with Crippen LogP contribution in [-0.4, -0.2) is 0 Å². The number of hydrogen-bond acceptors (Lipinski definition) is 2. The van der Waals surface area contributed by atoms with Gasteiger partial charge >= 0.3 is 24.6 Å². The monoisotopic (exact) mass is 520 g/mol. The molecule has 0 amide bonds. The summed E-state index contributed by atoms with van der Waals surface area (Å²) < 4.78 is 17.0. The summed E-state index contributed by atoms with van der Waals surface area (Å²) in [6.07, 6.45) is 0. The van der Waals surface area contributed by atoms with Crippen molar-refractivity contribution in [3.05, 3.63) is 0 Å². The maximum atomic E-state index is 8.50. The van der Waals surface area contributed by atoms with E-state index < -0.39 is 17.6 Å². The fourth-order valence-corrected chi connectivity index (χ4v) is 0. The van der Waals surface area contributed by atoms with E-state index in [2.05, 4.69) is 0 Å². The molecule has 2 nitrogen and oxygen atoms in total. The van der Waals surface area contributed by atoms with Crippen molar-refractivity contribution < 1.29 is 64.2 Å². The zero-order valence-corrected chi connectivity index (χ0v) is 8.37. The second-order valence-corrected chi connectivity index (χ2v) is 0.455. The van der Waals surface area contributed by atoms with Gasteiger partial charge < -0.3 is 0 Å². The largest absolute Gasteiger partial charge is 0 e. The molecule has 0 unspecified atom stereocenters. The van der Waals surface area contributed by atoms with Crippen LogP contribution >= 0.6 is 0 Å². The molecule has 1 radical (unpaired) electrons. The Morgan fingerprint density at radius 3 is 1.20 bits per heavy atom. The van der Waals surface area contributed by atoms with Gasteiger partial charge in [0.2, 0.25) is 0 Å². The van der Waals surface area contributed by atoms with Crippen LogP contribution in [0, 0.1) is 0 Å². The van der Waals surface area contributed by atoms with E-state index in [1.165, 1.54) is 0 Å². The van der Waals surface area contributed by atoms with Gasteiger partial charge in [-0.2, -0.15) is 0 Å². The SMILES string of the molecule is [Ir].[O]=[Ir]=[O].[Ru]. The van der Waals surface area contributed by atoms with Crippen LogP contribution in [0.3, 0.4) is 0 Å². The summed E-state index contributed by atoms with van der Waals surface area (Å²) in [5.74, 6) is 0. The molecule has 0 aliphatic heterocycles. The van der Waals surface area contributed by atoms with E-state index >= 15 is 0 Å². The van der Waals surface area contributed by atoms with Crippen LogP contribution in [0.5, 0.6) is 0 Å². The van der Waals surface area contributed by atoms with Crippen LogP contribution in [0.25, 0.3) is 0 Å². The van der Waals surface area contributed by atoms with Crippen molar-refractivity contribution in [1.82, 2.24) is 0 Å². The van der Waals surface area contributed by atoms with E-state index in [-0.39, 0.29) is 39.6 Å². The van der Waals surface area contributed by atoms with E-state index in [0.717, 1.165) is 0 Å². The molecule has 0 aromatic rings.